The lowest BCUT2D eigenvalue weighted by atomic mass is 10.3. The Labute approximate surface area is 113 Å². The summed E-state index contributed by atoms with van der Waals surface area (Å²) in [6.45, 7) is 5.91. The largest absolute Gasteiger partial charge is 0.463 e. The number of ether oxygens (including phenoxy) is 2. The van der Waals surface area contributed by atoms with Crippen LogP contribution in [-0.4, -0.2) is 62.8 Å². The van der Waals surface area contributed by atoms with Crippen molar-refractivity contribution in [2.45, 2.75) is 13.3 Å². The third-order valence-corrected chi connectivity index (χ3v) is 2.68. The number of amides is 1. The molecule has 6 heteroatoms. The summed E-state index contributed by atoms with van der Waals surface area (Å²) in [4.78, 5) is 24.6. The zero-order valence-electron chi connectivity index (χ0n) is 11.4. The zero-order valence-corrected chi connectivity index (χ0v) is 11.4. The van der Waals surface area contributed by atoms with Gasteiger partial charge in [-0.3, -0.25) is 4.79 Å². The van der Waals surface area contributed by atoms with Crippen LogP contribution in [0.1, 0.15) is 13.3 Å². The van der Waals surface area contributed by atoms with Crippen LogP contribution in [0.2, 0.25) is 0 Å². The first kappa shape index (κ1) is 15.7. The predicted octanol–water partition coefficient (Wildman–Crippen LogP) is -0.0558. The Hall–Kier alpha value is -1.40. The van der Waals surface area contributed by atoms with Gasteiger partial charge in [0, 0.05) is 38.7 Å². The van der Waals surface area contributed by atoms with E-state index < -0.39 is 0 Å². The first-order valence-electron chi connectivity index (χ1n) is 6.63. The summed E-state index contributed by atoms with van der Waals surface area (Å²) in [5.41, 5.74) is 0. The van der Waals surface area contributed by atoms with Gasteiger partial charge in [0.05, 0.1) is 19.8 Å². The van der Waals surface area contributed by atoms with E-state index in [0.29, 0.717) is 52.4 Å². The summed E-state index contributed by atoms with van der Waals surface area (Å²) in [7, 11) is 0. The van der Waals surface area contributed by atoms with Crippen LogP contribution in [0.5, 0.6) is 0 Å². The van der Waals surface area contributed by atoms with Gasteiger partial charge >= 0.3 is 5.97 Å². The monoisotopic (exact) mass is 270 g/mol. The maximum absolute atomic E-state index is 11.8. The molecule has 0 spiro atoms. The Kier molecular flexibility index (Phi) is 7.84. The molecule has 19 heavy (non-hydrogen) atoms. The van der Waals surface area contributed by atoms with E-state index in [-0.39, 0.29) is 11.9 Å². The molecule has 0 unspecified atom stereocenters. The minimum atomic E-state index is -0.339. The molecular weight excluding hydrogens is 248 g/mol. The second-order valence-corrected chi connectivity index (χ2v) is 4.10. The minimum Gasteiger partial charge on any atom is -0.463 e. The quantitative estimate of drug-likeness (QED) is 0.399. The van der Waals surface area contributed by atoms with Crippen LogP contribution in [0.3, 0.4) is 0 Å². The Morgan fingerprint density at radius 2 is 2.11 bits per heavy atom. The van der Waals surface area contributed by atoms with Crippen molar-refractivity contribution < 1.29 is 19.1 Å². The molecule has 0 radical (unpaired) electrons. The van der Waals surface area contributed by atoms with Gasteiger partial charge < -0.3 is 19.7 Å². The van der Waals surface area contributed by atoms with Crippen molar-refractivity contribution in [2.75, 3.05) is 46.0 Å². The van der Waals surface area contributed by atoms with Gasteiger partial charge in [-0.15, -0.1) is 0 Å². The Morgan fingerprint density at radius 1 is 1.37 bits per heavy atom. The second-order valence-electron chi connectivity index (χ2n) is 4.10. The molecule has 1 aliphatic rings. The number of morpholine rings is 1. The molecule has 6 nitrogen and oxygen atoms in total. The van der Waals surface area contributed by atoms with Gasteiger partial charge in [0.15, 0.2) is 0 Å². The Balaban J connectivity index is 2.03. The number of esters is 1. The molecule has 108 valence electrons. The predicted molar refractivity (Wildman–Crippen MR) is 70.7 cm³/mol. The van der Waals surface area contributed by atoms with E-state index in [1.54, 1.807) is 13.0 Å². The molecule has 1 aliphatic heterocycles. The van der Waals surface area contributed by atoms with Gasteiger partial charge in [0.2, 0.25) is 5.91 Å². The maximum Gasteiger partial charge on any atom is 0.330 e. The maximum atomic E-state index is 11.8. The number of carbonyl (C=O) groups excluding carboxylic acids is 2. The molecule has 0 saturated carbocycles. The lowest BCUT2D eigenvalue weighted by Gasteiger charge is -2.26. The van der Waals surface area contributed by atoms with Crippen LogP contribution < -0.4 is 5.32 Å². The minimum absolute atomic E-state index is 0.144. The molecule has 0 aromatic carbocycles. The van der Waals surface area contributed by atoms with Crippen LogP contribution >= 0.6 is 0 Å². The summed E-state index contributed by atoms with van der Waals surface area (Å²) in [6.07, 6.45) is 3.55. The normalized spacial score (nSPS) is 15.7. The van der Waals surface area contributed by atoms with Crippen molar-refractivity contribution in [1.82, 2.24) is 10.2 Å². The molecule has 1 N–H and O–H groups in total. The highest BCUT2D eigenvalue weighted by Gasteiger charge is 2.15. The number of hydrogen-bond acceptors (Lipinski definition) is 5. The van der Waals surface area contributed by atoms with Crippen molar-refractivity contribution >= 4 is 11.9 Å². The zero-order chi connectivity index (χ0) is 13.9. The van der Waals surface area contributed by atoms with Gasteiger partial charge in [-0.2, -0.15) is 0 Å². The van der Waals surface area contributed by atoms with E-state index in [1.807, 2.05) is 4.90 Å². The first-order chi connectivity index (χ1) is 9.24. The third-order valence-electron chi connectivity index (χ3n) is 2.68. The van der Waals surface area contributed by atoms with Gasteiger partial charge in [-0.25, -0.2) is 4.79 Å². The fourth-order valence-electron chi connectivity index (χ4n) is 1.70. The van der Waals surface area contributed by atoms with Crippen LogP contribution in [0.4, 0.5) is 0 Å². The van der Waals surface area contributed by atoms with Gasteiger partial charge in [0.25, 0.3) is 0 Å². The van der Waals surface area contributed by atoms with E-state index in [1.165, 1.54) is 6.08 Å². The van der Waals surface area contributed by atoms with E-state index in [2.05, 4.69) is 5.32 Å². The van der Waals surface area contributed by atoms with Crippen LogP contribution in [0.15, 0.2) is 12.2 Å². The molecule has 1 heterocycles. The standard InChI is InChI=1S/C13H22N2O4/c1-2-19-13(17)4-3-6-14-7-5-12(16)15-8-10-18-11-9-15/h3-4,14H,2,5-11H2,1H3/b4-3+. The van der Waals surface area contributed by atoms with Crippen molar-refractivity contribution in [2.24, 2.45) is 0 Å². The molecule has 0 aromatic rings. The van der Waals surface area contributed by atoms with Gasteiger partial charge in [0.1, 0.15) is 0 Å². The van der Waals surface area contributed by atoms with E-state index in [9.17, 15) is 9.59 Å². The molecule has 1 fully saturated rings. The molecular formula is C13H22N2O4. The second kappa shape index (κ2) is 9.52. The summed E-state index contributed by atoms with van der Waals surface area (Å²) in [5, 5.41) is 3.08. The summed E-state index contributed by atoms with van der Waals surface area (Å²) >= 11 is 0. The van der Waals surface area contributed by atoms with E-state index in [0.717, 1.165) is 0 Å². The van der Waals surface area contributed by atoms with Crippen molar-refractivity contribution in [3.63, 3.8) is 0 Å². The number of nitrogens with zero attached hydrogens (tertiary/aromatic N) is 1. The van der Waals surface area contributed by atoms with Crippen LogP contribution in [0, 0.1) is 0 Å². The Morgan fingerprint density at radius 3 is 2.79 bits per heavy atom. The lowest BCUT2D eigenvalue weighted by molar-refractivity contribution is -0.137. The van der Waals surface area contributed by atoms with Crippen LogP contribution in [0.25, 0.3) is 0 Å². The number of carbonyl (C=O) groups is 2. The van der Waals surface area contributed by atoms with Crippen molar-refractivity contribution in [3.05, 3.63) is 12.2 Å². The summed E-state index contributed by atoms with van der Waals surface area (Å²) in [6, 6.07) is 0. The van der Waals surface area contributed by atoms with Gasteiger partial charge in [-0.1, -0.05) is 6.08 Å². The molecule has 0 bridgehead atoms. The third kappa shape index (κ3) is 6.93. The molecule has 1 rings (SSSR count). The average molecular weight is 270 g/mol. The van der Waals surface area contributed by atoms with Crippen molar-refractivity contribution in [1.29, 1.82) is 0 Å². The van der Waals surface area contributed by atoms with Crippen LogP contribution in [-0.2, 0) is 19.1 Å². The fourth-order valence-corrected chi connectivity index (χ4v) is 1.70. The molecule has 0 atom stereocenters. The first-order valence-corrected chi connectivity index (χ1v) is 6.63. The Bertz CT molecular complexity index is 312. The molecule has 1 amide bonds. The summed E-state index contributed by atoms with van der Waals surface area (Å²) in [5.74, 6) is -0.195. The highest BCUT2D eigenvalue weighted by Crippen LogP contribution is 1.99. The molecule has 0 aromatic heterocycles. The smallest absolute Gasteiger partial charge is 0.330 e. The van der Waals surface area contributed by atoms with E-state index >= 15 is 0 Å². The lowest BCUT2D eigenvalue weighted by Crippen LogP contribution is -2.41. The number of nitrogens with one attached hydrogen (secondary N) is 1. The highest BCUT2D eigenvalue weighted by molar-refractivity contribution is 5.81. The van der Waals surface area contributed by atoms with E-state index in [4.69, 9.17) is 9.47 Å². The average Bonchev–Trinajstić information content (AvgIpc) is 2.43. The number of hydrogen-bond donors (Lipinski definition) is 1. The summed E-state index contributed by atoms with van der Waals surface area (Å²) < 4.78 is 9.93. The van der Waals surface area contributed by atoms with Crippen molar-refractivity contribution in [3.8, 4) is 0 Å². The molecule has 1 saturated heterocycles. The SMILES string of the molecule is CCOC(=O)/C=C/CNCCC(=O)N1CCOCC1. The molecule has 0 aliphatic carbocycles. The number of rotatable bonds is 7. The highest BCUT2D eigenvalue weighted by atomic mass is 16.5. The topological polar surface area (TPSA) is 67.9 Å². The fraction of sp³-hybridized carbons (Fsp3) is 0.692. The van der Waals surface area contributed by atoms with Gasteiger partial charge in [-0.05, 0) is 6.92 Å².